The third-order valence-corrected chi connectivity index (χ3v) is 7.14. The van der Waals surface area contributed by atoms with Gasteiger partial charge in [-0.05, 0) is 92.7 Å². The first-order valence-electron chi connectivity index (χ1n) is 9.37. The van der Waals surface area contributed by atoms with E-state index in [9.17, 15) is 0 Å². The minimum Gasteiger partial charge on any atom is -0.487 e. The van der Waals surface area contributed by atoms with Gasteiger partial charge in [-0.2, -0.15) is 0 Å². The topological polar surface area (TPSA) is 9.23 Å². The molecule has 4 saturated carbocycles. The van der Waals surface area contributed by atoms with Crippen molar-refractivity contribution < 1.29 is 4.74 Å². The van der Waals surface area contributed by atoms with Crippen molar-refractivity contribution in [2.45, 2.75) is 70.8 Å². The van der Waals surface area contributed by atoms with Crippen LogP contribution in [-0.2, 0) is 0 Å². The van der Waals surface area contributed by atoms with Crippen LogP contribution in [0, 0.1) is 23.7 Å². The minimum absolute atomic E-state index is 0.0848. The predicted molar refractivity (Wildman–Crippen MR) is 91.2 cm³/mol. The zero-order chi connectivity index (χ0) is 15.3. The highest BCUT2D eigenvalue weighted by Gasteiger charge is 2.56. The van der Waals surface area contributed by atoms with E-state index >= 15 is 0 Å². The maximum Gasteiger partial charge on any atom is 0.120 e. The zero-order valence-corrected chi connectivity index (χ0v) is 14.3. The number of hydrogen-bond donors (Lipinski definition) is 0. The van der Waals surface area contributed by atoms with Crippen LogP contribution in [0.5, 0.6) is 5.75 Å². The monoisotopic (exact) mass is 298 g/mol. The van der Waals surface area contributed by atoms with E-state index < -0.39 is 0 Å². The van der Waals surface area contributed by atoms with Gasteiger partial charge in [-0.15, -0.1) is 0 Å². The highest BCUT2D eigenvalue weighted by atomic mass is 16.5. The van der Waals surface area contributed by atoms with Gasteiger partial charge in [0.05, 0.1) is 0 Å². The largest absolute Gasteiger partial charge is 0.487 e. The van der Waals surface area contributed by atoms with Crippen LogP contribution in [0.4, 0.5) is 0 Å². The van der Waals surface area contributed by atoms with E-state index in [-0.39, 0.29) is 5.60 Å². The zero-order valence-electron chi connectivity index (χ0n) is 14.3. The Bertz CT molecular complexity index is 519. The Balaban J connectivity index is 1.58. The van der Waals surface area contributed by atoms with Crippen LogP contribution in [0.3, 0.4) is 0 Å². The quantitative estimate of drug-likeness (QED) is 0.683. The lowest BCUT2D eigenvalue weighted by molar-refractivity contribution is -0.145. The predicted octanol–water partition coefficient (Wildman–Crippen LogP) is 5.79. The molecule has 22 heavy (non-hydrogen) atoms. The Morgan fingerprint density at radius 1 is 1.09 bits per heavy atom. The summed E-state index contributed by atoms with van der Waals surface area (Å²) >= 11 is 0. The molecule has 5 rings (SSSR count). The van der Waals surface area contributed by atoms with Crippen LogP contribution in [0.1, 0.15) is 70.8 Å². The Labute approximate surface area is 135 Å². The normalized spacial score (nSPS) is 40.7. The molecular formula is C21H30O. The van der Waals surface area contributed by atoms with E-state index in [1.165, 1.54) is 44.1 Å². The highest BCUT2D eigenvalue weighted by molar-refractivity contribution is 5.31. The molecule has 1 heteroatoms. The van der Waals surface area contributed by atoms with Gasteiger partial charge in [-0.3, -0.25) is 0 Å². The third-order valence-electron chi connectivity index (χ3n) is 7.14. The number of hydrogen-bond acceptors (Lipinski definition) is 1. The number of ether oxygens (including phenoxy) is 1. The highest BCUT2D eigenvalue weighted by Crippen LogP contribution is 2.59. The maximum absolute atomic E-state index is 6.71. The molecule has 4 fully saturated rings. The average Bonchev–Trinajstić information content (AvgIpc) is 2.51. The van der Waals surface area contributed by atoms with Gasteiger partial charge in [0.15, 0.2) is 0 Å². The summed E-state index contributed by atoms with van der Waals surface area (Å²) < 4.78 is 6.71. The summed E-state index contributed by atoms with van der Waals surface area (Å²) in [6.45, 7) is 6.98. The maximum atomic E-state index is 6.71. The summed E-state index contributed by atoms with van der Waals surface area (Å²) in [6.07, 6.45) is 8.34. The molecule has 1 aromatic rings. The van der Waals surface area contributed by atoms with Crippen molar-refractivity contribution in [3.8, 4) is 5.75 Å². The standard InChI is InChI=1S/C21H30O/c1-4-14(2)17-6-5-7-20(13-17)22-21(3)18-9-15-8-16(11-18)12-19(21)10-15/h5-7,13-16,18-19H,4,8-12H2,1-3H3. The van der Waals surface area contributed by atoms with Gasteiger partial charge >= 0.3 is 0 Å². The lowest BCUT2D eigenvalue weighted by Crippen LogP contribution is -2.59. The molecular weight excluding hydrogens is 268 g/mol. The van der Waals surface area contributed by atoms with Gasteiger partial charge < -0.3 is 4.74 Å². The van der Waals surface area contributed by atoms with Crippen LogP contribution in [0.25, 0.3) is 0 Å². The Morgan fingerprint density at radius 2 is 1.73 bits per heavy atom. The first kappa shape index (κ1) is 14.6. The van der Waals surface area contributed by atoms with Crippen molar-refractivity contribution >= 4 is 0 Å². The molecule has 1 unspecified atom stereocenters. The van der Waals surface area contributed by atoms with E-state index in [0.29, 0.717) is 5.92 Å². The first-order valence-corrected chi connectivity index (χ1v) is 9.37. The van der Waals surface area contributed by atoms with E-state index in [1.807, 2.05) is 0 Å². The molecule has 1 aromatic carbocycles. The van der Waals surface area contributed by atoms with Crippen LogP contribution in [0.2, 0.25) is 0 Å². The molecule has 0 aromatic heterocycles. The van der Waals surface area contributed by atoms with Gasteiger partial charge in [-0.25, -0.2) is 0 Å². The molecule has 0 amide bonds. The van der Waals surface area contributed by atoms with Gasteiger partial charge in [0.2, 0.25) is 0 Å². The fourth-order valence-corrected chi connectivity index (χ4v) is 5.66. The molecule has 4 bridgehead atoms. The van der Waals surface area contributed by atoms with Crippen LogP contribution in [0.15, 0.2) is 24.3 Å². The molecule has 0 spiro atoms. The van der Waals surface area contributed by atoms with E-state index in [1.54, 1.807) is 0 Å². The van der Waals surface area contributed by atoms with Gasteiger partial charge in [0.1, 0.15) is 11.4 Å². The second kappa shape index (κ2) is 5.28. The van der Waals surface area contributed by atoms with Crippen LogP contribution in [-0.4, -0.2) is 5.60 Å². The van der Waals surface area contributed by atoms with Crippen molar-refractivity contribution in [1.29, 1.82) is 0 Å². The summed E-state index contributed by atoms with van der Waals surface area (Å²) in [5.74, 6) is 5.31. The van der Waals surface area contributed by atoms with Crippen molar-refractivity contribution in [3.63, 3.8) is 0 Å². The minimum atomic E-state index is 0.0848. The van der Waals surface area contributed by atoms with Gasteiger partial charge in [0, 0.05) is 0 Å². The first-order chi connectivity index (χ1) is 10.6. The summed E-state index contributed by atoms with van der Waals surface area (Å²) in [5, 5.41) is 0. The van der Waals surface area contributed by atoms with E-state index in [0.717, 1.165) is 29.4 Å². The lowest BCUT2D eigenvalue weighted by atomic mass is 9.50. The molecule has 0 N–H and O–H groups in total. The summed E-state index contributed by atoms with van der Waals surface area (Å²) in [7, 11) is 0. The Hall–Kier alpha value is -0.980. The number of rotatable bonds is 4. The fraction of sp³-hybridized carbons (Fsp3) is 0.714. The van der Waals surface area contributed by atoms with Crippen molar-refractivity contribution in [2.75, 3.05) is 0 Å². The third kappa shape index (κ3) is 2.28. The average molecular weight is 298 g/mol. The SMILES string of the molecule is CCC(C)c1cccc(OC2(C)C3CC4CC(C3)CC2C4)c1. The summed E-state index contributed by atoms with van der Waals surface area (Å²) in [5.41, 5.74) is 1.51. The fourth-order valence-electron chi connectivity index (χ4n) is 5.66. The molecule has 4 aliphatic rings. The molecule has 0 aliphatic heterocycles. The van der Waals surface area contributed by atoms with Gasteiger partial charge in [0.25, 0.3) is 0 Å². The second-order valence-corrected chi connectivity index (χ2v) is 8.47. The molecule has 120 valence electrons. The molecule has 4 aliphatic carbocycles. The van der Waals surface area contributed by atoms with Crippen molar-refractivity contribution in [2.24, 2.45) is 23.7 Å². The molecule has 1 nitrogen and oxygen atoms in total. The van der Waals surface area contributed by atoms with Crippen LogP contribution >= 0.6 is 0 Å². The molecule has 0 radical (unpaired) electrons. The molecule has 0 saturated heterocycles. The molecule has 0 heterocycles. The van der Waals surface area contributed by atoms with E-state index in [2.05, 4.69) is 45.0 Å². The Kier molecular flexibility index (Phi) is 3.51. The molecule has 1 atom stereocenters. The van der Waals surface area contributed by atoms with Crippen molar-refractivity contribution in [3.05, 3.63) is 29.8 Å². The smallest absolute Gasteiger partial charge is 0.120 e. The van der Waals surface area contributed by atoms with Gasteiger partial charge in [-0.1, -0.05) is 26.0 Å². The lowest BCUT2D eigenvalue weighted by Gasteiger charge is -2.59. The summed E-state index contributed by atoms with van der Waals surface area (Å²) in [4.78, 5) is 0. The number of benzene rings is 1. The summed E-state index contributed by atoms with van der Waals surface area (Å²) in [6, 6.07) is 8.89. The second-order valence-electron chi connectivity index (χ2n) is 8.47. The van der Waals surface area contributed by atoms with Crippen molar-refractivity contribution in [1.82, 2.24) is 0 Å². The Morgan fingerprint density at radius 3 is 2.32 bits per heavy atom. The van der Waals surface area contributed by atoms with E-state index in [4.69, 9.17) is 4.74 Å². The van der Waals surface area contributed by atoms with Crippen LogP contribution < -0.4 is 4.74 Å².